The molecule has 6 heteroatoms. The highest BCUT2D eigenvalue weighted by Crippen LogP contribution is 2.38. The van der Waals surface area contributed by atoms with Crippen LogP contribution in [0.1, 0.15) is 15.9 Å². The number of carbonyl (C=O) groups excluding carboxylic acids is 1. The lowest BCUT2D eigenvalue weighted by molar-refractivity contribution is 0.111. The molecule has 2 aromatic rings. The van der Waals surface area contributed by atoms with Crippen molar-refractivity contribution in [3.05, 3.63) is 52.3 Å². The van der Waals surface area contributed by atoms with E-state index in [1.165, 1.54) is 12.1 Å². The van der Waals surface area contributed by atoms with E-state index in [9.17, 15) is 9.18 Å². The maximum absolute atomic E-state index is 13.4. The van der Waals surface area contributed by atoms with Gasteiger partial charge in [-0.05, 0) is 12.1 Å². The minimum atomic E-state index is -0.515. The fourth-order valence-electron chi connectivity index (χ4n) is 1.97. The van der Waals surface area contributed by atoms with Crippen molar-refractivity contribution in [1.82, 2.24) is 0 Å². The van der Waals surface area contributed by atoms with Crippen LogP contribution in [0.5, 0.6) is 17.2 Å². The lowest BCUT2D eigenvalue weighted by atomic mass is 10.2. The molecule has 4 nitrogen and oxygen atoms in total. The molecule has 0 saturated carbocycles. The van der Waals surface area contributed by atoms with E-state index in [0.717, 1.165) is 0 Å². The molecule has 0 bridgehead atoms. The Morgan fingerprint density at radius 3 is 2.81 bits per heavy atom. The molecule has 1 heterocycles. The van der Waals surface area contributed by atoms with Crippen molar-refractivity contribution in [2.75, 3.05) is 6.79 Å². The third kappa shape index (κ3) is 2.64. The van der Waals surface area contributed by atoms with Crippen LogP contribution < -0.4 is 14.2 Å². The van der Waals surface area contributed by atoms with Crippen LogP contribution in [0.3, 0.4) is 0 Å². The molecule has 0 spiro atoms. The summed E-state index contributed by atoms with van der Waals surface area (Å²) in [6, 6.07) is 7.57. The fraction of sp³-hybridized carbons (Fsp3) is 0.133. The van der Waals surface area contributed by atoms with Crippen molar-refractivity contribution in [1.29, 1.82) is 0 Å². The highest BCUT2D eigenvalue weighted by atomic mass is 35.5. The summed E-state index contributed by atoms with van der Waals surface area (Å²) in [5.41, 5.74) is 0.818. The highest BCUT2D eigenvalue weighted by Gasteiger charge is 2.18. The van der Waals surface area contributed by atoms with E-state index < -0.39 is 5.82 Å². The van der Waals surface area contributed by atoms with E-state index >= 15 is 0 Å². The van der Waals surface area contributed by atoms with Gasteiger partial charge in [-0.2, -0.15) is 0 Å². The van der Waals surface area contributed by atoms with Gasteiger partial charge in [-0.15, -0.1) is 0 Å². The summed E-state index contributed by atoms with van der Waals surface area (Å²) in [5.74, 6) is 0.808. The van der Waals surface area contributed by atoms with Gasteiger partial charge in [-0.3, -0.25) is 4.79 Å². The van der Waals surface area contributed by atoms with Gasteiger partial charge in [0.05, 0.1) is 10.6 Å². The minimum absolute atomic E-state index is 0.00546. The van der Waals surface area contributed by atoms with Crippen molar-refractivity contribution in [3.8, 4) is 17.2 Å². The summed E-state index contributed by atoms with van der Waals surface area (Å²) >= 11 is 5.86. The summed E-state index contributed by atoms with van der Waals surface area (Å²) in [5, 5.41) is 0.00546. The number of carbonyl (C=O) groups is 1. The number of benzene rings is 2. The van der Waals surface area contributed by atoms with Crippen LogP contribution in [-0.4, -0.2) is 13.1 Å². The second kappa shape index (κ2) is 5.61. The zero-order valence-corrected chi connectivity index (χ0v) is 11.5. The van der Waals surface area contributed by atoms with E-state index in [-0.39, 0.29) is 18.4 Å². The van der Waals surface area contributed by atoms with E-state index in [1.807, 2.05) is 0 Å². The first-order chi connectivity index (χ1) is 10.2. The molecule has 0 aliphatic carbocycles. The molecule has 3 rings (SSSR count). The Kier molecular flexibility index (Phi) is 3.66. The number of hydrogen-bond acceptors (Lipinski definition) is 4. The third-order valence-electron chi connectivity index (χ3n) is 3.05. The average molecular weight is 309 g/mol. The molecule has 1 aliphatic rings. The van der Waals surface area contributed by atoms with Crippen LogP contribution in [-0.2, 0) is 6.61 Å². The first-order valence-electron chi connectivity index (χ1n) is 6.13. The molecule has 0 fully saturated rings. The van der Waals surface area contributed by atoms with Crippen molar-refractivity contribution in [2.45, 2.75) is 6.61 Å². The Hall–Kier alpha value is -2.27. The average Bonchev–Trinajstić information content (AvgIpc) is 2.95. The Morgan fingerprint density at radius 2 is 2.05 bits per heavy atom. The molecule has 2 aromatic carbocycles. The number of fused-ring (bicyclic) bond motifs is 1. The van der Waals surface area contributed by atoms with Gasteiger partial charge in [0.1, 0.15) is 18.2 Å². The van der Waals surface area contributed by atoms with Gasteiger partial charge < -0.3 is 14.2 Å². The molecule has 21 heavy (non-hydrogen) atoms. The largest absolute Gasteiger partial charge is 0.488 e. The van der Waals surface area contributed by atoms with Crippen LogP contribution in [0.2, 0.25) is 5.02 Å². The molecule has 108 valence electrons. The topological polar surface area (TPSA) is 44.8 Å². The number of hydrogen-bond donors (Lipinski definition) is 0. The summed E-state index contributed by atoms with van der Waals surface area (Å²) in [6.07, 6.45) is 0.657. The van der Waals surface area contributed by atoms with Crippen molar-refractivity contribution in [2.24, 2.45) is 0 Å². The maximum Gasteiger partial charge on any atom is 0.231 e. The molecule has 0 N–H and O–H groups in total. The first-order valence-corrected chi connectivity index (χ1v) is 6.51. The van der Waals surface area contributed by atoms with Gasteiger partial charge in [-0.25, -0.2) is 4.39 Å². The van der Waals surface area contributed by atoms with Gasteiger partial charge in [0, 0.05) is 11.6 Å². The molecule has 0 saturated heterocycles. The zero-order valence-electron chi connectivity index (χ0n) is 10.8. The van der Waals surface area contributed by atoms with E-state index in [4.69, 9.17) is 25.8 Å². The van der Waals surface area contributed by atoms with Crippen LogP contribution in [0.15, 0.2) is 30.3 Å². The summed E-state index contributed by atoms with van der Waals surface area (Å²) in [6.45, 7) is 0.143. The molecular weight excluding hydrogens is 299 g/mol. The standard InChI is InChI=1S/C15H10ClFO4/c16-15-9(2-1-3-11(15)17)7-19-12-5-14-13(20-8-21-14)4-10(12)6-18/h1-6H,7-8H2. The van der Waals surface area contributed by atoms with Crippen LogP contribution in [0.25, 0.3) is 0 Å². The van der Waals surface area contributed by atoms with Crippen LogP contribution >= 0.6 is 11.6 Å². The van der Waals surface area contributed by atoms with E-state index in [2.05, 4.69) is 0 Å². The Labute approximate surface area is 125 Å². The number of ether oxygens (including phenoxy) is 3. The second-order valence-corrected chi connectivity index (χ2v) is 4.74. The van der Waals surface area contributed by atoms with Crippen LogP contribution in [0.4, 0.5) is 4.39 Å². The molecule has 0 amide bonds. The molecule has 0 radical (unpaired) electrons. The maximum atomic E-state index is 13.4. The lowest BCUT2D eigenvalue weighted by Crippen LogP contribution is -2.00. The second-order valence-electron chi connectivity index (χ2n) is 4.36. The monoisotopic (exact) mass is 308 g/mol. The van der Waals surface area contributed by atoms with Gasteiger partial charge in [0.25, 0.3) is 0 Å². The quantitative estimate of drug-likeness (QED) is 0.810. The summed E-state index contributed by atoms with van der Waals surface area (Å²) < 4.78 is 29.3. The summed E-state index contributed by atoms with van der Waals surface area (Å²) in [4.78, 5) is 11.1. The normalized spacial score (nSPS) is 12.3. The van der Waals surface area contributed by atoms with Crippen molar-refractivity contribution >= 4 is 17.9 Å². The number of halogens is 2. The highest BCUT2D eigenvalue weighted by molar-refractivity contribution is 6.31. The summed E-state index contributed by atoms with van der Waals surface area (Å²) in [7, 11) is 0. The fourth-order valence-corrected chi connectivity index (χ4v) is 2.15. The first kappa shape index (κ1) is 13.7. The van der Waals surface area contributed by atoms with Gasteiger partial charge >= 0.3 is 0 Å². The molecule has 0 aromatic heterocycles. The third-order valence-corrected chi connectivity index (χ3v) is 3.47. The predicted octanol–water partition coefficient (Wildman–Crippen LogP) is 3.60. The van der Waals surface area contributed by atoms with E-state index in [1.54, 1.807) is 18.2 Å². The van der Waals surface area contributed by atoms with Crippen molar-refractivity contribution < 1.29 is 23.4 Å². The molecule has 0 atom stereocenters. The Bertz CT molecular complexity index is 702. The lowest BCUT2D eigenvalue weighted by Gasteiger charge is -2.10. The number of rotatable bonds is 4. The minimum Gasteiger partial charge on any atom is -0.488 e. The SMILES string of the molecule is O=Cc1cc2c(cc1OCc1cccc(F)c1Cl)OCO2. The van der Waals surface area contributed by atoms with Crippen molar-refractivity contribution in [3.63, 3.8) is 0 Å². The zero-order chi connectivity index (χ0) is 14.8. The Morgan fingerprint density at radius 1 is 1.29 bits per heavy atom. The molecule has 1 aliphatic heterocycles. The van der Waals surface area contributed by atoms with Gasteiger partial charge in [0.15, 0.2) is 17.8 Å². The van der Waals surface area contributed by atoms with Gasteiger partial charge in [0.2, 0.25) is 6.79 Å². The predicted molar refractivity (Wildman–Crippen MR) is 73.7 cm³/mol. The number of aldehydes is 1. The smallest absolute Gasteiger partial charge is 0.231 e. The molecule has 0 unspecified atom stereocenters. The van der Waals surface area contributed by atoms with Crippen LogP contribution in [0, 0.1) is 5.82 Å². The van der Waals surface area contributed by atoms with Gasteiger partial charge in [-0.1, -0.05) is 23.7 Å². The molecular formula is C15H10ClFO4. The van der Waals surface area contributed by atoms with E-state index in [0.29, 0.717) is 34.7 Å². The Balaban J connectivity index is 1.85.